The maximum Gasteiger partial charge on any atom is 0.123 e. The van der Waals surface area contributed by atoms with Crippen LogP contribution in [0.15, 0.2) is 18.2 Å². The molecule has 0 aliphatic heterocycles. The fourth-order valence-corrected chi connectivity index (χ4v) is 1.93. The van der Waals surface area contributed by atoms with E-state index in [2.05, 4.69) is 4.84 Å². The Morgan fingerprint density at radius 1 is 1.50 bits per heavy atom. The average Bonchev–Trinajstić information content (AvgIpc) is 2.46. The van der Waals surface area contributed by atoms with E-state index in [0.29, 0.717) is 0 Å². The van der Waals surface area contributed by atoms with Crippen LogP contribution in [0.25, 0.3) is 0 Å². The lowest BCUT2D eigenvalue weighted by molar-refractivity contribution is 0.625. The first-order valence-electron chi connectivity index (χ1n) is 3.96. The van der Waals surface area contributed by atoms with Crippen molar-refractivity contribution < 1.29 is 4.39 Å². The first kappa shape index (κ1) is 8.02. The summed E-state index contributed by atoms with van der Waals surface area (Å²) < 4.78 is 12.7. The van der Waals surface area contributed by atoms with E-state index in [9.17, 15) is 4.39 Å². The molecule has 1 nitrogen and oxygen atoms in total. The molecular formula is C9H9ClFN. The zero-order chi connectivity index (χ0) is 8.55. The number of halogens is 2. The maximum absolute atomic E-state index is 12.7. The molecule has 1 atom stereocenters. The third-order valence-electron chi connectivity index (χ3n) is 2.31. The second-order valence-electron chi connectivity index (χ2n) is 3.04. The third-order valence-corrected chi connectivity index (χ3v) is 2.58. The molecule has 1 aliphatic carbocycles. The van der Waals surface area contributed by atoms with Gasteiger partial charge in [0.1, 0.15) is 5.82 Å². The van der Waals surface area contributed by atoms with Crippen LogP contribution in [0, 0.1) is 5.82 Å². The Morgan fingerprint density at radius 3 is 3.08 bits per heavy atom. The lowest BCUT2D eigenvalue weighted by atomic mass is 10.1. The van der Waals surface area contributed by atoms with E-state index in [-0.39, 0.29) is 11.9 Å². The van der Waals surface area contributed by atoms with Gasteiger partial charge in [-0.3, -0.25) is 0 Å². The summed E-state index contributed by atoms with van der Waals surface area (Å²) in [5.74, 6) is -0.163. The highest BCUT2D eigenvalue weighted by Crippen LogP contribution is 2.31. The van der Waals surface area contributed by atoms with Crippen molar-refractivity contribution in [2.75, 3.05) is 0 Å². The van der Waals surface area contributed by atoms with Crippen LogP contribution >= 0.6 is 11.8 Å². The number of aryl methyl sites for hydroxylation is 1. The quantitative estimate of drug-likeness (QED) is 0.664. The van der Waals surface area contributed by atoms with Crippen LogP contribution < -0.4 is 4.84 Å². The van der Waals surface area contributed by atoms with E-state index in [4.69, 9.17) is 11.8 Å². The molecule has 2 rings (SSSR count). The minimum absolute atomic E-state index is 0.163. The zero-order valence-corrected chi connectivity index (χ0v) is 7.24. The van der Waals surface area contributed by atoms with Gasteiger partial charge in [0.25, 0.3) is 0 Å². The number of hydrogen-bond donors (Lipinski definition) is 1. The zero-order valence-electron chi connectivity index (χ0n) is 6.48. The smallest absolute Gasteiger partial charge is 0.123 e. The van der Waals surface area contributed by atoms with Crippen molar-refractivity contribution in [3.05, 3.63) is 35.1 Å². The SMILES string of the molecule is Fc1ccc2c(c1)CCC2NCl. The minimum Gasteiger partial charge on any atom is -0.226 e. The molecule has 0 bridgehead atoms. The van der Waals surface area contributed by atoms with Crippen LogP contribution in [0.2, 0.25) is 0 Å². The molecule has 0 spiro atoms. The minimum atomic E-state index is -0.163. The Morgan fingerprint density at radius 2 is 2.33 bits per heavy atom. The Bertz CT molecular complexity index is 301. The van der Waals surface area contributed by atoms with Gasteiger partial charge < -0.3 is 0 Å². The number of benzene rings is 1. The molecule has 3 heteroatoms. The second kappa shape index (κ2) is 3.04. The van der Waals surface area contributed by atoms with Crippen LogP contribution in [-0.2, 0) is 6.42 Å². The van der Waals surface area contributed by atoms with Crippen molar-refractivity contribution >= 4 is 11.8 Å². The first-order chi connectivity index (χ1) is 5.81. The molecule has 0 amide bonds. The van der Waals surface area contributed by atoms with Gasteiger partial charge in [-0.25, -0.2) is 9.23 Å². The van der Waals surface area contributed by atoms with E-state index in [1.54, 1.807) is 12.1 Å². The molecule has 0 heterocycles. The Hall–Kier alpha value is -0.600. The first-order valence-corrected chi connectivity index (χ1v) is 4.33. The molecular weight excluding hydrogens is 177 g/mol. The van der Waals surface area contributed by atoms with Gasteiger partial charge in [-0.15, -0.1) is 0 Å². The Labute approximate surface area is 75.7 Å². The summed E-state index contributed by atoms with van der Waals surface area (Å²) in [6.45, 7) is 0. The van der Waals surface area contributed by atoms with Gasteiger partial charge in [-0.1, -0.05) is 6.07 Å². The molecule has 1 aliphatic rings. The van der Waals surface area contributed by atoms with E-state index in [1.807, 2.05) is 0 Å². The van der Waals surface area contributed by atoms with Gasteiger partial charge in [-0.05, 0) is 47.9 Å². The highest BCUT2D eigenvalue weighted by atomic mass is 35.5. The van der Waals surface area contributed by atoms with E-state index < -0.39 is 0 Å². The summed E-state index contributed by atoms with van der Waals surface area (Å²) in [4.78, 5) is 2.69. The second-order valence-corrected chi connectivity index (χ2v) is 3.26. The van der Waals surface area contributed by atoms with Crippen LogP contribution in [0.5, 0.6) is 0 Å². The molecule has 12 heavy (non-hydrogen) atoms. The number of fused-ring (bicyclic) bond motifs is 1. The molecule has 0 saturated heterocycles. The maximum atomic E-state index is 12.7. The van der Waals surface area contributed by atoms with Crippen LogP contribution in [0.4, 0.5) is 4.39 Å². The lowest BCUT2D eigenvalue weighted by Crippen LogP contribution is -2.06. The number of rotatable bonds is 1. The summed E-state index contributed by atoms with van der Waals surface area (Å²) in [5, 5.41) is 0. The van der Waals surface area contributed by atoms with Crippen molar-refractivity contribution in [1.82, 2.24) is 4.84 Å². The monoisotopic (exact) mass is 185 g/mol. The van der Waals surface area contributed by atoms with Gasteiger partial charge in [0.15, 0.2) is 0 Å². The molecule has 1 unspecified atom stereocenters. The average molecular weight is 186 g/mol. The van der Waals surface area contributed by atoms with Gasteiger partial charge in [0.2, 0.25) is 0 Å². The van der Waals surface area contributed by atoms with Crippen LogP contribution in [0.1, 0.15) is 23.6 Å². The largest absolute Gasteiger partial charge is 0.226 e. The number of nitrogens with one attached hydrogen (secondary N) is 1. The Kier molecular flexibility index (Phi) is 2.03. The summed E-state index contributed by atoms with van der Waals surface area (Å²) >= 11 is 5.53. The summed E-state index contributed by atoms with van der Waals surface area (Å²) in [6.07, 6.45) is 1.87. The predicted molar refractivity (Wildman–Crippen MR) is 46.5 cm³/mol. The van der Waals surface area contributed by atoms with Gasteiger partial charge >= 0.3 is 0 Å². The summed E-state index contributed by atoms with van der Waals surface area (Å²) in [7, 11) is 0. The molecule has 0 radical (unpaired) electrons. The van der Waals surface area contributed by atoms with Crippen molar-refractivity contribution in [3.8, 4) is 0 Å². The van der Waals surface area contributed by atoms with Crippen LogP contribution in [0.3, 0.4) is 0 Å². The fraction of sp³-hybridized carbons (Fsp3) is 0.333. The molecule has 64 valence electrons. The van der Waals surface area contributed by atoms with Gasteiger partial charge in [0, 0.05) is 6.04 Å². The molecule has 0 fully saturated rings. The predicted octanol–water partition coefficient (Wildman–Crippen LogP) is 2.56. The molecule has 0 saturated carbocycles. The van der Waals surface area contributed by atoms with Crippen molar-refractivity contribution in [3.63, 3.8) is 0 Å². The lowest BCUT2D eigenvalue weighted by Gasteiger charge is -2.06. The van der Waals surface area contributed by atoms with Gasteiger partial charge in [-0.2, -0.15) is 0 Å². The Balaban J connectivity index is 2.40. The third kappa shape index (κ3) is 1.21. The fourth-order valence-electron chi connectivity index (χ4n) is 1.70. The van der Waals surface area contributed by atoms with Crippen molar-refractivity contribution in [1.29, 1.82) is 0 Å². The highest BCUT2D eigenvalue weighted by Gasteiger charge is 2.21. The topological polar surface area (TPSA) is 12.0 Å². The highest BCUT2D eigenvalue weighted by molar-refractivity contribution is 6.13. The van der Waals surface area contributed by atoms with E-state index >= 15 is 0 Å². The normalized spacial score (nSPS) is 21.0. The summed E-state index contributed by atoms with van der Waals surface area (Å²) in [5.41, 5.74) is 2.21. The number of hydrogen-bond acceptors (Lipinski definition) is 1. The van der Waals surface area contributed by atoms with Crippen molar-refractivity contribution in [2.24, 2.45) is 0 Å². The van der Waals surface area contributed by atoms with E-state index in [1.165, 1.54) is 6.07 Å². The standard InChI is InChI=1S/C9H9ClFN/c10-12-9-4-1-6-5-7(11)2-3-8(6)9/h2-3,5,9,12H,1,4H2. The van der Waals surface area contributed by atoms with Gasteiger partial charge in [0.05, 0.1) is 0 Å². The van der Waals surface area contributed by atoms with E-state index in [0.717, 1.165) is 24.0 Å². The molecule has 1 aromatic rings. The van der Waals surface area contributed by atoms with Crippen LogP contribution in [-0.4, -0.2) is 0 Å². The van der Waals surface area contributed by atoms with Crippen molar-refractivity contribution in [2.45, 2.75) is 18.9 Å². The summed E-state index contributed by atoms with van der Waals surface area (Å²) in [6, 6.07) is 5.06. The molecule has 1 aromatic carbocycles. The molecule has 1 N–H and O–H groups in total. The molecule has 0 aromatic heterocycles.